The molecule has 2 aliphatic heterocycles. The van der Waals surface area contributed by atoms with Crippen LogP contribution < -0.4 is 5.32 Å². The van der Waals surface area contributed by atoms with Crippen molar-refractivity contribution in [2.75, 3.05) is 19.8 Å². The van der Waals surface area contributed by atoms with Gasteiger partial charge in [0.15, 0.2) is 12.6 Å². The molecule has 394 valence electrons. The highest BCUT2D eigenvalue weighted by atomic mass is 16.7. The normalized spacial score (nSPS) is 26.7. The van der Waals surface area contributed by atoms with Gasteiger partial charge < -0.3 is 65.1 Å². The van der Waals surface area contributed by atoms with Crippen molar-refractivity contribution in [2.45, 2.75) is 286 Å². The second-order valence-corrected chi connectivity index (χ2v) is 19.4. The van der Waals surface area contributed by atoms with Gasteiger partial charge in [0, 0.05) is 6.42 Å². The lowest BCUT2D eigenvalue weighted by Gasteiger charge is -2.46. The maximum absolute atomic E-state index is 13.2. The van der Waals surface area contributed by atoms with Crippen molar-refractivity contribution < 1.29 is 64.6 Å². The third-order valence-corrected chi connectivity index (χ3v) is 13.4. The molecule has 0 spiro atoms. The maximum Gasteiger partial charge on any atom is 0.220 e. The number of hydrogen-bond acceptors (Lipinski definition) is 13. The van der Waals surface area contributed by atoms with E-state index in [1.54, 1.807) is 6.08 Å². The summed E-state index contributed by atoms with van der Waals surface area (Å²) in [5.74, 6) is -0.247. The quantitative estimate of drug-likeness (QED) is 0.0211. The van der Waals surface area contributed by atoms with Gasteiger partial charge in [-0.2, -0.15) is 0 Å². The molecule has 12 atom stereocenters. The number of unbranched alkanes of at least 4 members (excludes halogenated alkanes) is 27. The molecule has 0 bridgehead atoms. The maximum atomic E-state index is 13.2. The second-order valence-electron chi connectivity index (χ2n) is 19.4. The van der Waals surface area contributed by atoms with Crippen molar-refractivity contribution in [3.05, 3.63) is 24.3 Å². The summed E-state index contributed by atoms with van der Waals surface area (Å²) in [6, 6.07) is -0.915. The third-order valence-electron chi connectivity index (χ3n) is 13.4. The molecule has 2 saturated heterocycles. The van der Waals surface area contributed by atoms with Gasteiger partial charge in [-0.15, -0.1) is 0 Å². The number of aliphatic hydroxyl groups excluding tert-OH is 8. The molecule has 12 unspecified atom stereocenters. The smallest absolute Gasteiger partial charge is 0.220 e. The van der Waals surface area contributed by atoms with Crippen LogP contribution in [0.4, 0.5) is 0 Å². The number of hydrogen-bond donors (Lipinski definition) is 9. The monoisotopic (exact) mass is 958 g/mol. The summed E-state index contributed by atoms with van der Waals surface area (Å²) in [5.41, 5.74) is 0. The molecule has 0 saturated carbocycles. The van der Waals surface area contributed by atoms with Gasteiger partial charge in [-0.1, -0.05) is 186 Å². The highest BCUT2D eigenvalue weighted by molar-refractivity contribution is 5.76. The average molecular weight is 958 g/mol. The van der Waals surface area contributed by atoms with Crippen LogP contribution in [0.15, 0.2) is 24.3 Å². The lowest BCUT2D eigenvalue weighted by molar-refractivity contribution is -0.359. The minimum absolute atomic E-state index is 0.247. The van der Waals surface area contributed by atoms with Crippen LogP contribution in [0.5, 0.6) is 0 Å². The Bertz CT molecular complexity index is 1220. The van der Waals surface area contributed by atoms with Crippen molar-refractivity contribution in [2.24, 2.45) is 0 Å². The molecule has 0 radical (unpaired) electrons. The van der Waals surface area contributed by atoms with E-state index < -0.39 is 86.8 Å². The van der Waals surface area contributed by atoms with E-state index >= 15 is 0 Å². The first-order valence-corrected chi connectivity index (χ1v) is 27.1. The second kappa shape index (κ2) is 40.1. The average Bonchev–Trinajstić information content (AvgIpc) is 3.32. The number of ether oxygens (including phenoxy) is 4. The zero-order valence-electron chi connectivity index (χ0n) is 41.9. The highest BCUT2D eigenvalue weighted by Gasteiger charge is 2.51. The molecule has 0 aromatic heterocycles. The Labute approximate surface area is 405 Å². The van der Waals surface area contributed by atoms with Gasteiger partial charge >= 0.3 is 0 Å². The Morgan fingerprint density at radius 1 is 0.522 bits per heavy atom. The van der Waals surface area contributed by atoms with Gasteiger partial charge in [0.05, 0.1) is 32.0 Å². The summed E-state index contributed by atoms with van der Waals surface area (Å²) >= 11 is 0. The Balaban J connectivity index is 1.83. The van der Waals surface area contributed by atoms with E-state index in [9.17, 15) is 45.6 Å². The Kier molecular flexibility index (Phi) is 36.9. The van der Waals surface area contributed by atoms with Crippen LogP contribution in [0.2, 0.25) is 0 Å². The topological polar surface area (TPSA) is 228 Å². The van der Waals surface area contributed by atoms with E-state index in [0.29, 0.717) is 6.42 Å². The summed E-state index contributed by atoms with van der Waals surface area (Å²) in [4.78, 5) is 13.2. The third kappa shape index (κ3) is 27.0. The summed E-state index contributed by atoms with van der Waals surface area (Å²) < 4.78 is 22.7. The minimum atomic E-state index is -1.79. The van der Waals surface area contributed by atoms with Crippen LogP contribution in [-0.2, 0) is 23.7 Å². The van der Waals surface area contributed by atoms with Crippen LogP contribution in [-0.4, -0.2) is 140 Å². The fourth-order valence-electron chi connectivity index (χ4n) is 8.93. The highest BCUT2D eigenvalue weighted by Crippen LogP contribution is 2.30. The molecule has 14 nitrogen and oxygen atoms in total. The molecule has 0 aromatic rings. The van der Waals surface area contributed by atoms with Crippen LogP contribution in [0.1, 0.15) is 213 Å². The van der Waals surface area contributed by atoms with Gasteiger partial charge in [-0.25, -0.2) is 0 Å². The van der Waals surface area contributed by atoms with Crippen LogP contribution in [0, 0.1) is 0 Å². The number of carbonyl (C=O) groups excluding carboxylic acids is 1. The molecule has 9 N–H and O–H groups in total. The van der Waals surface area contributed by atoms with Gasteiger partial charge in [0.2, 0.25) is 5.91 Å². The van der Waals surface area contributed by atoms with Crippen LogP contribution in [0.3, 0.4) is 0 Å². The summed E-state index contributed by atoms with van der Waals surface area (Å²) in [5, 5.41) is 86.8. The van der Waals surface area contributed by atoms with E-state index in [2.05, 4.69) is 31.3 Å². The predicted octanol–water partition coefficient (Wildman–Crippen LogP) is 7.72. The number of carbonyl (C=O) groups is 1. The fourth-order valence-corrected chi connectivity index (χ4v) is 8.93. The first-order valence-electron chi connectivity index (χ1n) is 27.1. The number of allylic oxidation sites excluding steroid dienone is 3. The number of nitrogens with one attached hydrogen (secondary N) is 1. The van der Waals surface area contributed by atoms with Crippen LogP contribution in [0.25, 0.3) is 0 Å². The SMILES string of the molecule is CCCCCCCC/C=C\CCCCCCCC(=O)NC(COC1OC(CO)C(OC2OC(CO)C(O)C(O)C2O)C(O)C1O)C(O)/C=C/CCCCCCCCCCCCCCCCCC. The van der Waals surface area contributed by atoms with E-state index in [0.717, 1.165) is 57.8 Å². The van der Waals surface area contributed by atoms with E-state index in [1.165, 1.54) is 128 Å². The minimum Gasteiger partial charge on any atom is -0.394 e. The Hall–Kier alpha value is -1.53. The fraction of sp³-hybridized carbons (Fsp3) is 0.906. The van der Waals surface area contributed by atoms with Crippen molar-refractivity contribution >= 4 is 5.91 Å². The van der Waals surface area contributed by atoms with Gasteiger partial charge in [-0.05, 0) is 44.9 Å². The molecule has 2 rings (SSSR count). The molecular weight excluding hydrogens is 859 g/mol. The van der Waals surface area contributed by atoms with Gasteiger partial charge in [0.25, 0.3) is 0 Å². The standard InChI is InChI=1S/C53H99NO13/c1-3-5-7-9-11-13-15-17-19-20-21-23-24-26-28-30-32-34-36-42(57)41(54-45(58)37-35-33-31-29-27-25-22-18-16-14-12-10-8-6-4-2)40-64-52-50(63)48(61)51(44(39-56)66-52)67-53-49(62)47(60)46(59)43(38-55)65-53/h18,22,34,36,41-44,46-53,55-57,59-63H,3-17,19-21,23-33,35,37-40H2,1-2H3,(H,54,58)/b22-18-,36-34+. The molecule has 2 aliphatic rings. The van der Waals surface area contributed by atoms with Gasteiger partial charge in [0.1, 0.15) is 48.8 Å². The summed E-state index contributed by atoms with van der Waals surface area (Å²) in [6.45, 7) is 2.79. The largest absolute Gasteiger partial charge is 0.394 e. The van der Waals surface area contributed by atoms with Gasteiger partial charge in [-0.3, -0.25) is 4.79 Å². The molecule has 2 fully saturated rings. The van der Waals surface area contributed by atoms with Crippen molar-refractivity contribution in [1.29, 1.82) is 0 Å². The zero-order valence-corrected chi connectivity index (χ0v) is 41.9. The molecule has 0 aromatic carbocycles. The predicted molar refractivity (Wildman–Crippen MR) is 263 cm³/mol. The molecule has 67 heavy (non-hydrogen) atoms. The summed E-state index contributed by atoms with van der Waals surface area (Å²) in [7, 11) is 0. The summed E-state index contributed by atoms with van der Waals surface area (Å²) in [6.07, 6.45) is 27.8. The molecular formula is C53H99NO13. The Morgan fingerprint density at radius 3 is 1.42 bits per heavy atom. The zero-order chi connectivity index (χ0) is 48.9. The van der Waals surface area contributed by atoms with Crippen LogP contribution >= 0.6 is 0 Å². The first kappa shape index (κ1) is 61.6. The van der Waals surface area contributed by atoms with Crippen molar-refractivity contribution in [3.8, 4) is 0 Å². The van der Waals surface area contributed by atoms with E-state index in [-0.39, 0.29) is 18.9 Å². The van der Waals surface area contributed by atoms with E-state index in [4.69, 9.17) is 18.9 Å². The molecule has 0 aliphatic carbocycles. The molecule has 1 amide bonds. The molecule has 2 heterocycles. The van der Waals surface area contributed by atoms with E-state index in [1.807, 2.05) is 6.08 Å². The van der Waals surface area contributed by atoms with Crippen molar-refractivity contribution in [3.63, 3.8) is 0 Å². The first-order chi connectivity index (χ1) is 32.6. The number of amides is 1. The lowest BCUT2D eigenvalue weighted by atomic mass is 9.97. The van der Waals surface area contributed by atoms with Crippen molar-refractivity contribution in [1.82, 2.24) is 5.32 Å². The number of aliphatic hydroxyl groups is 8. The lowest BCUT2D eigenvalue weighted by Crippen LogP contribution is -2.65. The Morgan fingerprint density at radius 2 is 0.940 bits per heavy atom. The molecule has 14 heteroatoms. The number of rotatable bonds is 42.